The van der Waals surface area contributed by atoms with Crippen molar-refractivity contribution in [1.29, 1.82) is 0 Å². The lowest BCUT2D eigenvalue weighted by atomic mass is 10.2. The van der Waals surface area contributed by atoms with Crippen molar-refractivity contribution >= 4 is 27.3 Å². The zero-order chi connectivity index (χ0) is 18.0. The summed E-state index contributed by atoms with van der Waals surface area (Å²) in [4.78, 5) is 10.7. The number of alkyl halides is 3. The molecule has 0 atom stereocenters. The van der Waals surface area contributed by atoms with E-state index in [0.717, 1.165) is 29.8 Å². The number of amides is 1. The molecular weight excluding hydrogens is 345 g/mol. The molecule has 2 rings (SSSR count). The summed E-state index contributed by atoms with van der Waals surface area (Å²) in [6, 6.07) is 11.0. The lowest BCUT2D eigenvalue weighted by Crippen LogP contribution is -2.29. The van der Waals surface area contributed by atoms with Gasteiger partial charge in [-0.1, -0.05) is 12.1 Å². The average Bonchev–Trinajstić information content (AvgIpc) is 2.46. The van der Waals surface area contributed by atoms with Gasteiger partial charge in [-0.2, -0.15) is 13.2 Å². The molecule has 0 aliphatic heterocycles. The molecule has 9 heteroatoms. The molecule has 128 valence electrons. The van der Waals surface area contributed by atoms with Crippen molar-refractivity contribution in [3.63, 3.8) is 0 Å². The predicted octanol–water partition coefficient (Wildman–Crippen LogP) is 3.30. The third kappa shape index (κ3) is 4.48. The van der Waals surface area contributed by atoms with Gasteiger partial charge in [0.15, 0.2) is 0 Å². The van der Waals surface area contributed by atoms with Crippen LogP contribution in [-0.2, 0) is 14.8 Å². The van der Waals surface area contributed by atoms with Crippen LogP contribution in [0.5, 0.6) is 0 Å². The number of sulfonamides is 1. The Balaban J connectivity index is 2.16. The lowest BCUT2D eigenvalue weighted by molar-refractivity contribution is -0.167. The molecule has 0 saturated heterocycles. The first kappa shape index (κ1) is 17.8. The van der Waals surface area contributed by atoms with Gasteiger partial charge in [0, 0.05) is 11.4 Å². The molecule has 24 heavy (non-hydrogen) atoms. The number of anilines is 2. The number of benzene rings is 2. The summed E-state index contributed by atoms with van der Waals surface area (Å²) in [5, 5.41) is 1.64. The van der Waals surface area contributed by atoms with E-state index in [1.807, 2.05) is 0 Å². The van der Waals surface area contributed by atoms with E-state index in [9.17, 15) is 26.4 Å². The molecule has 2 N–H and O–H groups in total. The molecule has 0 aliphatic carbocycles. The molecule has 1 amide bonds. The second-order valence-electron chi connectivity index (χ2n) is 4.95. The predicted molar refractivity (Wildman–Crippen MR) is 83.1 cm³/mol. The standard InChI is InChI=1S/C15H13F3N2O3S/c1-10-3-2-4-12(9-10)20-24(22,23)13-7-5-11(6-8-13)19-14(21)15(16,17)18/h2-9,20H,1H3,(H,19,21). The SMILES string of the molecule is Cc1cccc(NS(=O)(=O)c2ccc(NC(=O)C(F)(F)F)cc2)c1. The highest BCUT2D eigenvalue weighted by Crippen LogP contribution is 2.21. The number of nitrogens with one attached hydrogen (secondary N) is 2. The zero-order valence-corrected chi connectivity index (χ0v) is 13.2. The molecule has 2 aromatic carbocycles. The van der Waals surface area contributed by atoms with Gasteiger partial charge in [-0.05, 0) is 48.9 Å². The summed E-state index contributed by atoms with van der Waals surface area (Å²) in [6.45, 7) is 1.80. The number of hydrogen-bond donors (Lipinski definition) is 2. The number of halogens is 3. The number of hydrogen-bond acceptors (Lipinski definition) is 3. The summed E-state index contributed by atoms with van der Waals surface area (Å²) in [5.41, 5.74) is 1.07. The molecular formula is C15H13F3N2O3S. The maximum Gasteiger partial charge on any atom is 0.471 e. The summed E-state index contributed by atoms with van der Waals surface area (Å²) < 4.78 is 63.3. The lowest BCUT2D eigenvalue weighted by Gasteiger charge is -2.10. The zero-order valence-electron chi connectivity index (χ0n) is 12.4. The molecule has 0 heterocycles. The summed E-state index contributed by atoms with van der Waals surface area (Å²) in [6.07, 6.45) is -5.02. The van der Waals surface area contributed by atoms with E-state index in [2.05, 4.69) is 4.72 Å². The fourth-order valence-corrected chi connectivity index (χ4v) is 2.89. The summed E-state index contributed by atoms with van der Waals surface area (Å²) >= 11 is 0. The van der Waals surface area contributed by atoms with Crippen molar-refractivity contribution in [1.82, 2.24) is 0 Å². The Hall–Kier alpha value is -2.55. The average molecular weight is 358 g/mol. The summed E-state index contributed by atoms with van der Waals surface area (Å²) in [5.74, 6) is -2.13. The van der Waals surface area contributed by atoms with Crippen LogP contribution in [0.2, 0.25) is 0 Å². The van der Waals surface area contributed by atoms with E-state index in [4.69, 9.17) is 0 Å². The van der Waals surface area contributed by atoms with Crippen LogP contribution in [-0.4, -0.2) is 20.5 Å². The smallest absolute Gasteiger partial charge is 0.318 e. The van der Waals surface area contributed by atoms with Gasteiger partial charge in [-0.3, -0.25) is 9.52 Å². The van der Waals surface area contributed by atoms with Crippen LogP contribution in [0.4, 0.5) is 24.5 Å². The van der Waals surface area contributed by atoms with E-state index in [1.165, 1.54) is 0 Å². The minimum Gasteiger partial charge on any atom is -0.318 e. The van der Waals surface area contributed by atoms with Crippen LogP contribution in [0.25, 0.3) is 0 Å². The van der Waals surface area contributed by atoms with Crippen molar-refractivity contribution in [2.75, 3.05) is 10.0 Å². The third-order valence-corrected chi connectivity index (χ3v) is 4.35. The topological polar surface area (TPSA) is 75.3 Å². The third-order valence-electron chi connectivity index (χ3n) is 2.95. The molecule has 0 unspecified atom stereocenters. The molecule has 0 bridgehead atoms. The Bertz CT molecular complexity index is 847. The molecule has 0 saturated carbocycles. The second-order valence-corrected chi connectivity index (χ2v) is 6.63. The first-order valence-corrected chi connectivity index (χ1v) is 8.14. The van der Waals surface area contributed by atoms with E-state index in [1.54, 1.807) is 36.5 Å². The number of carbonyl (C=O) groups excluding carboxylic acids is 1. The van der Waals surface area contributed by atoms with Crippen molar-refractivity contribution in [3.8, 4) is 0 Å². The van der Waals surface area contributed by atoms with Crippen LogP contribution >= 0.6 is 0 Å². The van der Waals surface area contributed by atoms with E-state index in [-0.39, 0.29) is 10.6 Å². The fourth-order valence-electron chi connectivity index (χ4n) is 1.84. The van der Waals surface area contributed by atoms with Crippen molar-refractivity contribution in [3.05, 3.63) is 54.1 Å². The Morgan fingerprint density at radius 3 is 2.17 bits per heavy atom. The Morgan fingerprint density at radius 2 is 1.62 bits per heavy atom. The first-order chi connectivity index (χ1) is 11.1. The largest absolute Gasteiger partial charge is 0.471 e. The van der Waals surface area contributed by atoms with E-state index >= 15 is 0 Å². The van der Waals surface area contributed by atoms with Gasteiger partial charge in [-0.15, -0.1) is 0 Å². The Morgan fingerprint density at radius 1 is 1.00 bits per heavy atom. The molecule has 5 nitrogen and oxygen atoms in total. The fraction of sp³-hybridized carbons (Fsp3) is 0.133. The highest BCUT2D eigenvalue weighted by atomic mass is 32.2. The molecule has 0 fully saturated rings. The van der Waals surface area contributed by atoms with Gasteiger partial charge in [0.05, 0.1) is 4.90 Å². The van der Waals surface area contributed by atoms with Crippen LogP contribution in [0.1, 0.15) is 5.56 Å². The highest BCUT2D eigenvalue weighted by molar-refractivity contribution is 7.92. The molecule has 0 aliphatic rings. The molecule has 0 radical (unpaired) electrons. The number of aryl methyl sites for hydroxylation is 1. The molecule has 0 spiro atoms. The maximum atomic E-state index is 12.2. The van der Waals surface area contributed by atoms with Crippen LogP contribution in [0, 0.1) is 6.92 Å². The minimum atomic E-state index is -5.02. The minimum absolute atomic E-state index is 0.144. The second kappa shape index (κ2) is 6.52. The van der Waals surface area contributed by atoms with E-state index < -0.39 is 22.1 Å². The quantitative estimate of drug-likeness (QED) is 0.881. The summed E-state index contributed by atoms with van der Waals surface area (Å²) in [7, 11) is -3.89. The van der Waals surface area contributed by atoms with Gasteiger partial charge in [-0.25, -0.2) is 8.42 Å². The maximum absolute atomic E-state index is 12.2. The van der Waals surface area contributed by atoms with Gasteiger partial charge in [0.25, 0.3) is 10.0 Å². The highest BCUT2D eigenvalue weighted by Gasteiger charge is 2.38. The Labute approximate surface area is 136 Å². The van der Waals surface area contributed by atoms with Crippen LogP contribution in [0.15, 0.2) is 53.4 Å². The van der Waals surface area contributed by atoms with Gasteiger partial charge in [0.2, 0.25) is 0 Å². The van der Waals surface area contributed by atoms with Crippen molar-refractivity contribution in [2.45, 2.75) is 18.0 Å². The van der Waals surface area contributed by atoms with Gasteiger partial charge >= 0.3 is 12.1 Å². The van der Waals surface area contributed by atoms with Crippen molar-refractivity contribution < 1.29 is 26.4 Å². The monoisotopic (exact) mass is 358 g/mol. The van der Waals surface area contributed by atoms with Crippen LogP contribution in [0.3, 0.4) is 0 Å². The van der Waals surface area contributed by atoms with Gasteiger partial charge < -0.3 is 5.32 Å². The molecule has 0 aromatic heterocycles. The first-order valence-electron chi connectivity index (χ1n) is 6.66. The molecule has 2 aromatic rings. The Kier molecular flexibility index (Phi) is 4.83. The van der Waals surface area contributed by atoms with Gasteiger partial charge in [0.1, 0.15) is 0 Å². The number of rotatable bonds is 4. The number of carbonyl (C=O) groups is 1. The van der Waals surface area contributed by atoms with Crippen LogP contribution < -0.4 is 10.0 Å². The normalized spacial score (nSPS) is 11.8. The van der Waals surface area contributed by atoms with E-state index in [0.29, 0.717) is 5.69 Å². The van der Waals surface area contributed by atoms with Crippen molar-refractivity contribution in [2.24, 2.45) is 0 Å².